The van der Waals surface area contributed by atoms with Crippen molar-refractivity contribution < 1.29 is 37.3 Å². The molecule has 0 aromatic heterocycles. The molecule has 0 radical (unpaired) electrons. The molecule has 0 N–H and O–H groups in total. The number of quaternary nitrogens is 1. The molecule has 0 fully saturated rings. The molecule has 0 heterocycles. The number of nitrogens with zero attached hydrogens (tertiary/aromatic N) is 1. The van der Waals surface area contributed by atoms with Crippen molar-refractivity contribution in [3.63, 3.8) is 0 Å². The molecular weight excluding hydrogens is 770 g/mol. The van der Waals surface area contributed by atoms with Gasteiger partial charge >= 0.3 is 5.97 Å². The molecule has 358 valence electrons. The van der Waals surface area contributed by atoms with E-state index in [-0.39, 0.29) is 25.8 Å². The molecule has 2 atom stereocenters. The number of hydrogen-bond acceptors (Lipinski definition) is 7. The van der Waals surface area contributed by atoms with Crippen LogP contribution in [0.3, 0.4) is 0 Å². The van der Waals surface area contributed by atoms with Crippen molar-refractivity contribution in [2.45, 2.75) is 258 Å². The van der Waals surface area contributed by atoms with Gasteiger partial charge in [-0.2, -0.15) is 0 Å². The van der Waals surface area contributed by atoms with Gasteiger partial charge in [0.2, 0.25) is 0 Å². The maximum atomic E-state index is 12.7. The second kappa shape index (κ2) is 44.8. The number of carbonyl (C=O) groups excluding carboxylic acids is 1. The zero-order valence-electron chi connectivity index (χ0n) is 40.7. The highest BCUT2D eigenvalue weighted by molar-refractivity contribution is 7.45. The molecule has 0 saturated carbocycles. The van der Waals surface area contributed by atoms with E-state index >= 15 is 0 Å². The van der Waals surface area contributed by atoms with E-state index in [4.69, 9.17) is 18.5 Å². The number of esters is 1. The molecule has 9 heteroatoms. The number of phosphoric acid groups is 1. The fourth-order valence-corrected chi connectivity index (χ4v) is 8.27. The molecule has 0 aliphatic carbocycles. The van der Waals surface area contributed by atoms with Gasteiger partial charge < -0.3 is 27.9 Å². The summed E-state index contributed by atoms with van der Waals surface area (Å²) in [5.41, 5.74) is 0. The lowest BCUT2D eigenvalue weighted by molar-refractivity contribution is -0.870. The Kier molecular flexibility index (Phi) is 44.3. The van der Waals surface area contributed by atoms with Gasteiger partial charge in [-0.15, -0.1) is 0 Å². The van der Waals surface area contributed by atoms with Gasteiger partial charge in [-0.1, -0.05) is 219 Å². The van der Waals surface area contributed by atoms with E-state index in [2.05, 4.69) is 26.0 Å². The number of carbonyl (C=O) groups is 1. The molecule has 0 aromatic rings. The highest BCUT2D eigenvalue weighted by Gasteiger charge is 2.20. The summed E-state index contributed by atoms with van der Waals surface area (Å²) in [5, 5.41) is 0. The first-order valence-electron chi connectivity index (χ1n) is 25.9. The Morgan fingerprint density at radius 1 is 0.500 bits per heavy atom. The third-order valence-corrected chi connectivity index (χ3v) is 12.5. The van der Waals surface area contributed by atoms with E-state index in [0.29, 0.717) is 24.1 Å². The van der Waals surface area contributed by atoms with Crippen LogP contribution in [0.4, 0.5) is 0 Å². The Labute approximate surface area is 373 Å². The van der Waals surface area contributed by atoms with Gasteiger partial charge in [0.1, 0.15) is 19.3 Å². The third-order valence-electron chi connectivity index (χ3n) is 11.6. The number of rotatable bonds is 49. The van der Waals surface area contributed by atoms with Crippen LogP contribution in [-0.4, -0.2) is 70.7 Å². The van der Waals surface area contributed by atoms with Crippen LogP contribution in [0.2, 0.25) is 0 Å². The summed E-state index contributed by atoms with van der Waals surface area (Å²) < 4.78 is 34.7. The number of ether oxygens (including phenoxy) is 2. The monoisotopic (exact) mass is 872 g/mol. The van der Waals surface area contributed by atoms with Crippen molar-refractivity contribution in [3.05, 3.63) is 12.2 Å². The Hall–Kier alpha value is -0.760. The van der Waals surface area contributed by atoms with Gasteiger partial charge in [0.05, 0.1) is 34.4 Å². The molecule has 0 amide bonds. The SMILES string of the molecule is CCCCCCC/C=C\CCCCCCCCOCC(COP(=O)([O-])OCC[N+](C)(C)C)OC(=O)CCCCCCCCCCCCCCCCCCCCCCCCC. The third kappa shape index (κ3) is 48.3. The van der Waals surface area contributed by atoms with Crippen molar-refractivity contribution in [2.24, 2.45) is 0 Å². The molecule has 0 spiro atoms. The van der Waals surface area contributed by atoms with Crippen molar-refractivity contribution in [2.75, 3.05) is 54.1 Å². The topological polar surface area (TPSA) is 94.1 Å². The average molecular weight is 872 g/mol. The molecule has 60 heavy (non-hydrogen) atoms. The minimum absolute atomic E-state index is 0.0284. The lowest BCUT2D eigenvalue weighted by Crippen LogP contribution is -2.37. The Morgan fingerprint density at radius 3 is 1.27 bits per heavy atom. The summed E-state index contributed by atoms with van der Waals surface area (Å²) in [4.78, 5) is 25.2. The summed E-state index contributed by atoms with van der Waals surface area (Å²) in [7, 11) is 1.37. The molecule has 8 nitrogen and oxygen atoms in total. The van der Waals surface area contributed by atoms with Crippen LogP contribution >= 0.6 is 7.82 Å². The van der Waals surface area contributed by atoms with Crippen molar-refractivity contribution in [3.8, 4) is 0 Å². The number of phosphoric ester groups is 1. The van der Waals surface area contributed by atoms with Gasteiger partial charge in [0.15, 0.2) is 0 Å². The minimum Gasteiger partial charge on any atom is -0.756 e. The molecule has 0 aliphatic rings. The summed E-state index contributed by atoms with van der Waals surface area (Å²) in [5.74, 6) is -0.329. The second-order valence-corrected chi connectivity index (χ2v) is 20.3. The van der Waals surface area contributed by atoms with Gasteiger partial charge in [-0.25, -0.2) is 0 Å². The van der Waals surface area contributed by atoms with Crippen LogP contribution in [0, 0.1) is 0 Å². The van der Waals surface area contributed by atoms with Gasteiger partial charge in [0, 0.05) is 13.0 Å². The first kappa shape index (κ1) is 59.2. The summed E-state index contributed by atoms with van der Waals surface area (Å²) in [6.45, 7) is 5.45. The standard InChI is InChI=1S/C51H102NO7P/c1-6-8-10-12-14-16-18-20-22-23-24-25-26-27-28-29-30-32-34-36-38-40-42-44-51(53)59-50(49-58-60(54,55)57-47-45-52(3,4)5)48-56-46-43-41-39-37-35-33-31-21-19-17-15-13-11-9-7-2/h19,21,50H,6-18,20,22-49H2,1-5H3/b21-19-. The average Bonchev–Trinajstić information content (AvgIpc) is 3.20. The number of unbranched alkanes of at least 4 members (excludes halogenated alkanes) is 33. The van der Waals surface area contributed by atoms with Gasteiger partial charge in [-0.05, 0) is 38.5 Å². The smallest absolute Gasteiger partial charge is 0.306 e. The zero-order valence-corrected chi connectivity index (χ0v) is 41.6. The normalized spacial score (nSPS) is 13.6. The lowest BCUT2D eigenvalue weighted by Gasteiger charge is -2.28. The maximum Gasteiger partial charge on any atom is 0.306 e. The molecule has 0 saturated heterocycles. The second-order valence-electron chi connectivity index (χ2n) is 18.9. The first-order valence-corrected chi connectivity index (χ1v) is 27.4. The number of likely N-dealkylation sites (N-methyl/N-ethyl adjacent to an activating group) is 1. The first-order chi connectivity index (χ1) is 29.1. The van der Waals surface area contributed by atoms with Crippen LogP contribution in [0.5, 0.6) is 0 Å². The largest absolute Gasteiger partial charge is 0.756 e. The van der Waals surface area contributed by atoms with Crippen LogP contribution in [0.1, 0.15) is 251 Å². The molecule has 0 aliphatic heterocycles. The number of hydrogen-bond donors (Lipinski definition) is 0. The molecule has 0 rings (SSSR count). The number of allylic oxidation sites excluding steroid dienone is 2. The van der Waals surface area contributed by atoms with Gasteiger partial charge in [0.25, 0.3) is 7.82 Å². The minimum atomic E-state index is -4.52. The highest BCUT2D eigenvalue weighted by atomic mass is 31.2. The van der Waals surface area contributed by atoms with Gasteiger partial charge in [-0.3, -0.25) is 9.36 Å². The van der Waals surface area contributed by atoms with E-state index in [1.54, 1.807) is 0 Å². The van der Waals surface area contributed by atoms with Crippen LogP contribution < -0.4 is 4.89 Å². The van der Waals surface area contributed by atoms with Crippen molar-refractivity contribution in [1.82, 2.24) is 0 Å². The predicted octanol–water partition coefficient (Wildman–Crippen LogP) is 15.2. The summed E-state index contributed by atoms with van der Waals surface area (Å²) in [6, 6.07) is 0. The van der Waals surface area contributed by atoms with Crippen LogP contribution in [0.15, 0.2) is 12.2 Å². The summed E-state index contributed by atoms with van der Waals surface area (Å²) in [6.07, 6.45) is 50.9. The highest BCUT2D eigenvalue weighted by Crippen LogP contribution is 2.38. The zero-order chi connectivity index (χ0) is 44.1. The Bertz CT molecular complexity index is 972. The fraction of sp³-hybridized carbons (Fsp3) is 0.941. The van der Waals surface area contributed by atoms with E-state index in [0.717, 1.165) is 32.1 Å². The van der Waals surface area contributed by atoms with Crippen LogP contribution in [0.25, 0.3) is 0 Å². The van der Waals surface area contributed by atoms with Crippen molar-refractivity contribution >= 4 is 13.8 Å². The van der Waals surface area contributed by atoms with Crippen LogP contribution in [-0.2, 0) is 27.9 Å². The van der Waals surface area contributed by atoms with E-state index in [1.807, 2.05) is 21.1 Å². The summed E-state index contributed by atoms with van der Waals surface area (Å²) >= 11 is 0. The molecular formula is C51H102NO7P. The molecule has 0 aromatic carbocycles. The maximum absolute atomic E-state index is 12.7. The van der Waals surface area contributed by atoms with E-state index in [9.17, 15) is 14.3 Å². The Morgan fingerprint density at radius 2 is 0.867 bits per heavy atom. The predicted molar refractivity (Wildman–Crippen MR) is 254 cm³/mol. The van der Waals surface area contributed by atoms with Crippen molar-refractivity contribution in [1.29, 1.82) is 0 Å². The van der Waals surface area contributed by atoms with E-state index < -0.39 is 13.9 Å². The quantitative estimate of drug-likeness (QED) is 0.0198. The molecule has 0 bridgehead atoms. The fourth-order valence-electron chi connectivity index (χ4n) is 7.54. The molecule has 2 unspecified atom stereocenters. The lowest BCUT2D eigenvalue weighted by atomic mass is 10.0. The Balaban J connectivity index is 4.06. The van der Waals surface area contributed by atoms with E-state index in [1.165, 1.54) is 199 Å².